The lowest BCUT2D eigenvalue weighted by Crippen LogP contribution is -2.70. The zero-order valence-electron chi connectivity index (χ0n) is 24.2. The summed E-state index contributed by atoms with van der Waals surface area (Å²) in [6, 6.07) is 0. The van der Waals surface area contributed by atoms with Gasteiger partial charge in [0.05, 0.1) is 5.92 Å². The number of aldehydes is 1. The molecule has 4 saturated carbocycles. The van der Waals surface area contributed by atoms with Crippen LogP contribution >= 0.6 is 0 Å². The van der Waals surface area contributed by atoms with Crippen LogP contribution < -0.4 is 0 Å². The summed E-state index contributed by atoms with van der Waals surface area (Å²) in [4.78, 5) is 50.4. The Kier molecular flexibility index (Phi) is 7.25. The standard InChI is InChI=1S/C31H48O6/c1-9-28(5)12-10-13-29(6)23(28)11-14-30(7)24(29)16-26(37-20(4)35)31(8)21(17-32)27(18(2)33)22(15-25(30)31)36-19(3)34/h17,21-27H,9-16H2,1-8H3/t21-,22-,23?,24?,25?,26-,27-,28-,29-,30+,31+/m0/s1. The van der Waals surface area contributed by atoms with Crippen LogP contribution in [0.2, 0.25) is 0 Å². The third-order valence-corrected chi connectivity index (χ3v) is 12.4. The maximum atomic E-state index is 13.0. The molecule has 3 unspecified atom stereocenters. The Bertz CT molecular complexity index is 959. The lowest BCUT2D eigenvalue weighted by Gasteiger charge is -2.71. The van der Waals surface area contributed by atoms with E-state index in [0.29, 0.717) is 30.1 Å². The summed E-state index contributed by atoms with van der Waals surface area (Å²) in [5, 5.41) is 0. The lowest BCUT2D eigenvalue weighted by molar-refractivity contribution is -0.263. The van der Waals surface area contributed by atoms with E-state index in [1.54, 1.807) is 0 Å². The van der Waals surface area contributed by atoms with E-state index in [9.17, 15) is 19.2 Å². The number of hydrogen-bond acceptors (Lipinski definition) is 6. The first kappa shape index (κ1) is 28.3. The Morgan fingerprint density at radius 1 is 0.838 bits per heavy atom. The number of ether oxygens (including phenoxy) is 2. The van der Waals surface area contributed by atoms with Crippen molar-refractivity contribution in [1.29, 1.82) is 0 Å². The third kappa shape index (κ3) is 4.11. The maximum Gasteiger partial charge on any atom is 0.302 e. The van der Waals surface area contributed by atoms with Crippen molar-refractivity contribution < 1.29 is 28.7 Å². The van der Waals surface area contributed by atoms with Crippen LogP contribution in [0.3, 0.4) is 0 Å². The van der Waals surface area contributed by atoms with E-state index in [0.717, 1.165) is 32.0 Å². The molecular weight excluding hydrogens is 468 g/mol. The van der Waals surface area contributed by atoms with Crippen molar-refractivity contribution in [2.75, 3.05) is 0 Å². The molecule has 0 aromatic heterocycles. The van der Waals surface area contributed by atoms with E-state index < -0.39 is 35.4 Å². The molecule has 0 radical (unpaired) electrons. The molecule has 0 aliphatic heterocycles. The molecule has 0 bridgehead atoms. The Morgan fingerprint density at radius 2 is 1.46 bits per heavy atom. The van der Waals surface area contributed by atoms with Gasteiger partial charge >= 0.3 is 11.9 Å². The molecular formula is C31H48O6. The highest BCUT2D eigenvalue weighted by atomic mass is 16.5. The van der Waals surface area contributed by atoms with Gasteiger partial charge in [0.1, 0.15) is 24.3 Å². The van der Waals surface area contributed by atoms with Gasteiger partial charge in [-0.1, -0.05) is 47.5 Å². The van der Waals surface area contributed by atoms with E-state index >= 15 is 0 Å². The molecule has 11 atom stereocenters. The van der Waals surface area contributed by atoms with Crippen molar-refractivity contribution in [3.63, 3.8) is 0 Å². The summed E-state index contributed by atoms with van der Waals surface area (Å²) in [6.07, 6.45) is 7.94. The van der Waals surface area contributed by atoms with E-state index in [4.69, 9.17) is 9.47 Å². The van der Waals surface area contributed by atoms with Crippen LogP contribution in [-0.4, -0.2) is 36.2 Å². The van der Waals surface area contributed by atoms with Crippen LogP contribution in [-0.2, 0) is 28.7 Å². The van der Waals surface area contributed by atoms with E-state index in [2.05, 4.69) is 34.6 Å². The van der Waals surface area contributed by atoms with Gasteiger partial charge in [0.15, 0.2) is 0 Å². The number of rotatable bonds is 5. The summed E-state index contributed by atoms with van der Waals surface area (Å²) < 4.78 is 11.9. The monoisotopic (exact) mass is 516 g/mol. The van der Waals surface area contributed by atoms with Crippen LogP contribution in [0.1, 0.15) is 107 Å². The number of carbonyl (C=O) groups is 4. The molecule has 0 aromatic rings. The predicted molar refractivity (Wildman–Crippen MR) is 140 cm³/mol. The van der Waals surface area contributed by atoms with Crippen molar-refractivity contribution in [3.8, 4) is 0 Å². The van der Waals surface area contributed by atoms with Crippen LogP contribution in [0.25, 0.3) is 0 Å². The smallest absolute Gasteiger partial charge is 0.302 e. The largest absolute Gasteiger partial charge is 0.462 e. The Morgan fingerprint density at radius 3 is 2.00 bits per heavy atom. The molecule has 208 valence electrons. The number of hydrogen-bond donors (Lipinski definition) is 0. The molecule has 0 N–H and O–H groups in total. The summed E-state index contributed by atoms with van der Waals surface area (Å²) in [5.74, 6) is -1.46. The fourth-order valence-corrected chi connectivity index (χ4v) is 10.7. The second-order valence-electron chi connectivity index (χ2n) is 14.0. The predicted octanol–water partition coefficient (Wildman–Crippen LogP) is 5.94. The molecule has 0 spiro atoms. The van der Waals surface area contributed by atoms with E-state index in [1.807, 2.05) is 0 Å². The van der Waals surface area contributed by atoms with Crippen molar-refractivity contribution in [3.05, 3.63) is 0 Å². The number of carbonyl (C=O) groups excluding carboxylic acids is 4. The van der Waals surface area contributed by atoms with Gasteiger partial charge in [-0.05, 0) is 79.4 Å². The van der Waals surface area contributed by atoms with Crippen molar-refractivity contribution in [1.82, 2.24) is 0 Å². The summed E-state index contributed by atoms with van der Waals surface area (Å²) in [5.41, 5.74) is -0.438. The summed E-state index contributed by atoms with van der Waals surface area (Å²) in [6.45, 7) is 16.0. The summed E-state index contributed by atoms with van der Waals surface area (Å²) >= 11 is 0. The number of esters is 2. The molecule has 0 aromatic carbocycles. The van der Waals surface area contributed by atoms with Gasteiger partial charge in [-0.3, -0.25) is 14.4 Å². The highest BCUT2D eigenvalue weighted by Gasteiger charge is 2.71. The van der Waals surface area contributed by atoms with Gasteiger partial charge < -0.3 is 14.3 Å². The van der Waals surface area contributed by atoms with Gasteiger partial charge in [0.25, 0.3) is 0 Å². The zero-order valence-corrected chi connectivity index (χ0v) is 24.2. The van der Waals surface area contributed by atoms with Gasteiger partial charge in [0.2, 0.25) is 0 Å². The number of ketones is 1. The van der Waals surface area contributed by atoms with Crippen molar-refractivity contribution in [2.45, 2.75) is 119 Å². The molecule has 4 aliphatic rings. The minimum Gasteiger partial charge on any atom is -0.462 e. The van der Waals surface area contributed by atoms with Gasteiger partial charge in [-0.15, -0.1) is 0 Å². The molecule has 4 rings (SSSR count). The van der Waals surface area contributed by atoms with Crippen LogP contribution in [0, 0.1) is 51.2 Å². The average molecular weight is 517 g/mol. The molecule has 37 heavy (non-hydrogen) atoms. The average Bonchev–Trinajstić information content (AvgIpc) is 2.79. The first-order valence-corrected chi connectivity index (χ1v) is 14.5. The fraction of sp³-hybridized carbons (Fsp3) is 0.871. The second-order valence-corrected chi connectivity index (χ2v) is 14.0. The molecule has 0 amide bonds. The Hall–Kier alpha value is -1.72. The Labute approximate surface area is 223 Å². The highest BCUT2D eigenvalue weighted by Crippen LogP contribution is 2.74. The third-order valence-electron chi connectivity index (χ3n) is 12.4. The quantitative estimate of drug-likeness (QED) is 0.332. The molecule has 0 saturated heterocycles. The van der Waals surface area contributed by atoms with Gasteiger partial charge in [-0.25, -0.2) is 0 Å². The first-order chi connectivity index (χ1) is 17.2. The van der Waals surface area contributed by atoms with Gasteiger partial charge in [-0.2, -0.15) is 0 Å². The minimum atomic E-state index is -0.731. The fourth-order valence-electron chi connectivity index (χ4n) is 10.7. The van der Waals surface area contributed by atoms with Gasteiger partial charge in [0, 0.05) is 25.2 Å². The highest BCUT2D eigenvalue weighted by molar-refractivity contribution is 5.83. The van der Waals surface area contributed by atoms with Crippen molar-refractivity contribution >= 4 is 24.0 Å². The molecule has 4 aliphatic carbocycles. The normalized spacial score (nSPS) is 49.0. The molecule has 6 nitrogen and oxygen atoms in total. The molecule has 6 heteroatoms. The number of Topliss-reactive ketones (excluding diaryl/α,β-unsaturated/α-hetero) is 1. The summed E-state index contributed by atoms with van der Waals surface area (Å²) in [7, 11) is 0. The van der Waals surface area contributed by atoms with Crippen LogP contribution in [0.4, 0.5) is 0 Å². The van der Waals surface area contributed by atoms with Crippen LogP contribution in [0.5, 0.6) is 0 Å². The molecule has 4 fully saturated rings. The topological polar surface area (TPSA) is 86.7 Å². The van der Waals surface area contributed by atoms with Crippen LogP contribution in [0.15, 0.2) is 0 Å². The maximum absolute atomic E-state index is 13.0. The van der Waals surface area contributed by atoms with Crippen molar-refractivity contribution in [2.24, 2.45) is 51.2 Å². The second kappa shape index (κ2) is 9.48. The van der Waals surface area contributed by atoms with E-state index in [-0.39, 0.29) is 28.5 Å². The lowest BCUT2D eigenvalue weighted by atomic mass is 9.33. The van der Waals surface area contributed by atoms with E-state index in [1.165, 1.54) is 33.6 Å². The first-order valence-electron chi connectivity index (χ1n) is 14.5. The molecule has 0 heterocycles. The SMILES string of the molecule is CC[C@@]1(C)CCC[C@@]2(C)C1CC[C@]1(C)C2C[C@H](OC(C)=O)[C@@]2(C)C1C[C@H](OC(C)=O)[C@@H](C(C)=O)[C@@H]2C=O. The minimum absolute atomic E-state index is 0.0224. The number of fused-ring (bicyclic) bond motifs is 5. The Balaban J connectivity index is 1.88. The zero-order chi connectivity index (χ0) is 27.6.